The summed E-state index contributed by atoms with van der Waals surface area (Å²) in [5.41, 5.74) is 0.526. The van der Waals surface area contributed by atoms with Gasteiger partial charge in [-0.05, 0) is 41.5 Å². The Morgan fingerprint density at radius 1 is 1.38 bits per heavy atom. The Morgan fingerprint density at radius 2 is 1.94 bits per heavy atom. The van der Waals surface area contributed by atoms with Crippen LogP contribution in [0.15, 0.2) is 0 Å². The summed E-state index contributed by atoms with van der Waals surface area (Å²) < 4.78 is 6.95. The van der Waals surface area contributed by atoms with Crippen molar-refractivity contribution in [3.05, 3.63) is 11.4 Å². The normalized spacial score (nSPS) is 11.9. The Balaban J connectivity index is 2.94. The Bertz CT molecular complexity index is 388. The van der Waals surface area contributed by atoms with Gasteiger partial charge in [0.15, 0.2) is 5.69 Å². The van der Waals surface area contributed by atoms with Crippen molar-refractivity contribution >= 4 is 5.97 Å². The first kappa shape index (κ1) is 12.7. The van der Waals surface area contributed by atoms with Crippen LogP contribution in [0.5, 0.6) is 0 Å². The fraction of sp³-hybridized carbons (Fsp3) is 0.727. The average Bonchev–Trinajstić information content (AvgIpc) is 2.43. The summed E-state index contributed by atoms with van der Waals surface area (Å²) in [5.74, 6) is -0.420. The third-order valence-corrected chi connectivity index (χ3v) is 2.01. The topological polar surface area (TPSA) is 57.0 Å². The number of carbonyl (C=O) groups excluding carboxylic acids is 1. The Kier molecular flexibility index (Phi) is 3.35. The SMILES string of the molecule is Cc1c(C(=O)OC(C)(C)C)nnn1C(C)C. The highest BCUT2D eigenvalue weighted by molar-refractivity contribution is 5.88. The number of ether oxygens (including phenoxy) is 1. The summed E-state index contributed by atoms with van der Waals surface area (Å²) in [5, 5.41) is 7.79. The van der Waals surface area contributed by atoms with Crippen LogP contribution in [0.25, 0.3) is 0 Å². The molecule has 0 saturated heterocycles. The molecule has 1 rings (SSSR count). The number of nitrogens with zero attached hydrogens (tertiary/aromatic N) is 3. The van der Waals surface area contributed by atoms with Gasteiger partial charge in [0.1, 0.15) is 5.60 Å². The van der Waals surface area contributed by atoms with Crippen molar-refractivity contribution in [2.45, 2.75) is 53.2 Å². The summed E-state index contributed by atoms with van der Waals surface area (Å²) in [6, 6.07) is 0.184. The van der Waals surface area contributed by atoms with Gasteiger partial charge in [-0.3, -0.25) is 0 Å². The number of aromatic nitrogens is 3. The van der Waals surface area contributed by atoms with Crippen molar-refractivity contribution in [2.24, 2.45) is 0 Å². The zero-order chi connectivity index (χ0) is 12.5. The molecule has 1 aromatic rings. The minimum absolute atomic E-state index is 0.184. The van der Waals surface area contributed by atoms with Gasteiger partial charge in [0.05, 0.1) is 5.69 Å². The molecule has 0 spiro atoms. The first-order valence-corrected chi connectivity index (χ1v) is 5.37. The van der Waals surface area contributed by atoms with Crippen molar-refractivity contribution in [3.63, 3.8) is 0 Å². The highest BCUT2D eigenvalue weighted by Crippen LogP contribution is 2.15. The Hall–Kier alpha value is -1.39. The molecule has 0 fully saturated rings. The predicted octanol–water partition coefficient (Wildman–Crippen LogP) is 2.12. The fourth-order valence-corrected chi connectivity index (χ4v) is 1.35. The van der Waals surface area contributed by atoms with E-state index in [1.54, 1.807) is 4.68 Å². The van der Waals surface area contributed by atoms with Crippen LogP contribution >= 0.6 is 0 Å². The van der Waals surface area contributed by atoms with Crippen LogP contribution in [-0.4, -0.2) is 26.6 Å². The standard InChI is InChI=1S/C11H19N3O2/c1-7(2)14-8(3)9(12-13-14)10(15)16-11(4,5)6/h7H,1-6H3. The second kappa shape index (κ2) is 4.23. The first-order valence-electron chi connectivity index (χ1n) is 5.37. The van der Waals surface area contributed by atoms with E-state index < -0.39 is 11.6 Å². The minimum Gasteiger partial charge on any atom is -0.455 e. The maximum absolute atomic E-state index is 11.8. The van der Waals surface area contributed by atoms with E-state index in [1.165, 1.54) is 0 Å². The number of hydrogen-bond donors (Lipinski definition) is 0. The Labute approximate surface area is 95.8 Å². The van der Waals surface area contributed by atoms with E-state index in [-0.39, 0.29) is 6.04 Å². The molecule has 0 aliphatic carbocycles. The minimum atomic E-state index is -0.509. The maximum Gasteiger partial charge on any atom is 0.361 e. The monoisotopic (exact) mass is 225 g/mol. The van der Waals surface area contributed by atoms with Gasteiger partial charge in [-0.25, -0.2) is 9.48 Å². The summed E-state index contributed by atoms with van der Waals surface area (Å²) >= 11 is 0. The van der Waals surface area contributed by atoms with Gasteiger partial charge in [0.25, 0.3) is 0 Å². The zero-order valence-corrected chi connectivity index (χ0v) is 10.7. The van der Waals surface area contributed by atoms with Crippen LogP contribution in [0, 0.1) is 6.92 Å². The van der Waals surface area contributed by atoms with Crippen molar-refractivity contribution < 1.29 is 9.53 Å². The van der Waals surface area contributed by atoms with Crippen LogP contribution in [0.2, 0.25) is 0 Å². The van der Waals surface area contributed by atoms with Crippen molar-refractivity contribution in [3.8, 4) is 0 Å². The van der Waals surface area contributed by atoms with Gasteiger partial charge >= 0.3 is 5.97 Å². The third-order valence-electron chi connectivity index (χ3n) is 2.01. The fourth-order valence-electron chi connectivity index (χ4n) is 1.35. The molecule has 5 heteroatoms. The number of rotatable bonds is 2. The zero-order valence-electron chi connectivity index (χ0n) is 10.7. The van der Waals surface area contributed by atoms with E-state index in [2.05, 4.69) is 10.3 Å². The van der Waals surface area contributed by atoms with E-state index >= 15 is 0 Å². The highest BCUT2D eigenvalue weighted by Gasteiger charge is 2.23. The lowest BCUT2D eigenvalue weighted by Gasteiger charge is -2.18. The molecule has 0 unspecified atom stereocenters. The predicted molar refractivity (Wildman–Crippen MR) is 60.3 cm³/mol. The lowest BCUT2D eigenvalue weighted by molar-refractivity contribution is 0.00619. The molecule has 0 amide bonds. The van der Waals surface area contributed by atoms with Gasteiger partial charge in [0.2, 0.25) is 0 Å². The van der Waals surface area contributed by atoms with Crippen molar-refractivity contribution in [2.75, 3.05) is 0 Å². The molecule has 0 aromatic carbocycles. The number of hydrogen-bond acceptors (Lipinski definition) is 4. The number of esters is 1. The molecule has 16 heavy (non-hydrogen) atoms. The Morgan fingerprint density at radius 3 is 2.31 bits per heavy atom. The molecule has 1 aromatic heterocycles. The maximum atomic E-state index is 11.8. The lowest BCUT2D eigenvalue weighted by atomic mass is 10.2. The lowest BCUT2D eigenvalue weighted by Crippen LogP contribution is -2.24. The molecule has 0 N–H and O–H groups in total. The van der Waals surface area contributed by atoms with Gasteiger partial charge in [-0.1, -0.05) is 5.21 Å². The molecule has 0 bridgehead atoms. The highest BCUT2D eigenvalue weighted by atomic mass is 16.6. The van der Waals surface area contributed by atoms with Gasteiger partial charge in [-0.2, -0.15) is 0 Å². The second-order valence-corrected chi connectivity index (χ2v) is 5.06. The van der Waals surface area contributed by atoms with Crippen LogP contribution in [-0.2, 0) is 4.74 Å². The molecule has 1 heterocycles. The van der Waals surface area contributed by atoms with Crippen molar-refractivity contribution in [1.82, 2.24) is 15.0 Å². The molecule has 0 saturated carbocycles. The smallest absolute Gasteiger partial charge is 0.361 e. The van der Waals surface area contributed by atoms with Gasteiger partial charge in [0, 0.05) is 6.04 Å². The molecular weight excluding hydrogens is 206 g/mol. The average molecular weight is 225 g/mol. The number of carbonyl (C=O) groups is 1. The summed E-state index contributed by atoms with van der Waals surface area (Å²) in [6.45, 7) is 11.3. The summed E-state index contributed by atoms with van der Waals surface area (Å²) in [7, 11) is 0. The van der Waals surface area contributed by atoms with Gasteiger partial charge in [-0.15, -0.1) is 5.10 Å². The van der Waals surface area contributed by atoms with Crippen molar-refractivity contribution in [1.29, 1.82) is 0 Å². The molecule has 0 aliphatic rings. The molecule has 0 aliphatic heterocycles. The van der Waals surface area contributed by atoms with Crippen LogP contribution in [0.1, 0.15) is 56.8 Å². The first-order chi connectivity index (χ1) is 7.22. The molecule has 5 nitrogen and oxygen atoms in total. The quantitative estimate of drug-likeness (QED) is 0.723. The molecule has 0 atom stereocenters. The van der Waals surface area contributed by atoms with E-state index in [1.807, 2.05) is 41.5 Å². The van der Waals surface area contributed by atoms with E-state index in [4.69, 9.17) is 4.74 Å². The second-order valence-electron chi connectivity index (χ2n) is 5.06. The largest absolute Gasteiger partial charge is 0.455 e. The van der Waals surface area contributed by atoms with Crippen LogP contribution < -0.4 is 0 Å². The van der Waals surface area contributed by atoms with E-state index in [0.717, 1.165) is 5.69 Å². The summed E-state index contributed by atoms with van der Waals surface area (Å²) in [6.07, 6.45) is 0. The van der Waals surface area contributed by atoms with E-state index in [0.29, 0.717) is 5.69 Å². The molecule has 90 valence electrons. The molecular formula is C11H19N3O2. The van der Waals surface area contributed by atoms with Crippen LogP contribution in [0.3, 0.4) is 0 Å². The summed E-state index contributed by atoms with van der Waals surface area (Å²) in [4.78, 5) is 11.8. The van der Waals surface area contributed by atoms with Gasteiger partial charge < -0.3 is 4.74 Å². The third kappa shape index (κ3) is 2.81. The molecule has 0 radical (unpaired) electrons. The van der Waals surface area contributed by atoms with Crippen LogP contribution in [0.4, 0.5) is 0 Å². The van der Waals surface area contributed by atoms with E-state index in [9.17, 15) is 4.79 Å².